The molecular formula is C15H19N3O2. The number of nitrogens with zero attached hydrogens (tertiary/aromatic N) is 2. The summed E-state index contributed by atoms with van der Waals surface area (Å²) in [6.07, 6.45) is 5.14. The molecule has 0 spiro atoms. The summed E-state index contributed by atoms with van der Waals surface area (Å²) < 4.78 is 10.6. The first-order valence-electron chi connectivity index (χ1n) is 6.43. The van der Waals surface area contributed by atoms with E-state index in [1.54, 1.807) is 26.6 Å². The molecule has 106 valence electrons. The van der Waals surface area contributed by atoms with Crippen molar-refractivity contribution in [3.05, 3.63) is 48.0 Å². The highest BCUT2D eigenvalue weighted by atomic mass is 16.5. The number of hydrogen-bond donors (Lipinski definition) is 1. The second kappa shape index (κ2) is 6.86. The van der Waals surface area contributed by atoms with Crippen molar-refractivity contribution in [3.63, 3.8) is 0 Å². The van der Waals surface area contributed by atoms with E-state index in [9.17, 15) is 0 Å². The van der Waals surface area contributed by atoms with Gasteiger partial charge in [0, 0.05) is 30.5 Å². The first-order valence-corrected chi connectivity index (χ1v) is 6.43. The molecule has 1 N–H and O–H groups in total. The van der Waals surface area contributed by atoms with E-state index in [1.165, 1.54) is 6.33 Å². The molecule has 0 aliphatic heterocycles. The highest BCUT2D eigenvalue weighted by Gasteiger charge is 2.09. The molecule has 1 aromatic heterocycles. The van der Waals surface area contributed by atoms with Gasteiger partial charge in [0.25, 0.3) is 0 Å². The number of nitrogens with one attached hydrogen (secondary N) is 1. The van der Waals surface area contributed by atoms with Crippen LogP contribution in [0.25, 0.3) is 0 Å². The van der Waals surface area contributed by atoms with Gasteiger partial charge < -0.3 is 14.8 Å². The van der Waals surface area contributed by atoms with E-state index in [4.69, 9.17) is 9.47 Å². The summed E-state index contributed by atoms with van der Waals surface area (Å²) in [7, 11) is 3.27. The molecule has 1 atom stereocenters. The highest BCUT2D eigenvalue weighted by molar-refractivity contribution is 5.43. The summed E-state index contributed by atoms with van der Waals surface area (Å²) in [5.74, 6) is 1.47. The van der Waals surface area contributed by atoms with E-state index in [1.807, 2.05) is 18.2 Å². The average molecular weight is 273 g/mol. The Morgan fingerprint density at radius 1 is 1.10 bits per heavy atom. The Bertz CT molecular complexity index is 546. The Kier molecular flexibility index (Phi) is 4.90. The number of benzene rings is 1. The summed E-state index contributed by atoms with van der Waals surface area (Å²) in [6.45, 7) is 2.82. The van der Waals surface area contributed by atoms with Gasteiger partial charge in [-0.3, -0.25) is 0 Å². The molecule has 1 unspecified atom stereocenters. The van der Waals surface area contributed by atoms with Crippen LogP contribution in [-0.2, 0) is 6.54 Å². The molecule has 5 heteroatoms. The van der Waals surface area contributed by atoms with E-state index in [0.29, 0.717) is 0 Å². The Labute approximate surface area is 119 Å². The van der Waals surface area contributed by atoms with Crippen LogP contribution in [0.1, 0.15) is 24.1 Å². The van der Waals surface area contributed by atoms with Gasteiger partial charge in [-0.15, -0.1) is 0 Å². The maximum atomic E-state index is 5.32. The van der Waals surface area contributed by atoms with Crippen LogP contribution in [0.3, 0.4) is 0 Å². The lowest BCUT2D eigenvalue weighted by Gasteiger charge is -2.16. The van der Waals surface area contributed by atoms with E-state index in [2.05, 4.69) is 22.2 Å². The first kappa shape index (κ1) is 14.3. The Morgan fingerprint density at radius 2 is 1.80 bits per heavy atom. The van der Waals surface area contributed by atoms with Crippen LogP contribution in [0.4, 0.5) is 0 Å². The zero-order chi connectivity index (χ0) is 14.4. The molecule has 0 saturated heterocycles. The number of ether oxygens (including phenoxy) is 2. The molecule has 0 fully saturated rings. The summed E-state index contributed by atoms with van der Waals surface area (Å²) in [5, 5.41) is 3.43. The van der Waals surface area contributed by atoms with E-state index < -0.39 is 0 Å². The maximum Gasteiger partial charge on any atom is 0.161 e. The van der Waals surface area contributed by atoms with Crippen LogP contribution in [0.15, 0.2) is 36.9 Å². The fraction of sp³-hybridized carbons (Fsp3) is 0.333. The quantitative estimate of drug-likeness (QED) is 0.875. The predicted molar refractivity (Wildman–Crippen MR) is 76.8 cm³/mol. The molecule has 0 bridgehead atoms. The van der Waals surface area contributed by atoms with Crippen LogP contribution in [-0.4, -0.2) is 24.2 Å². The van der Waals surface area contributed by atoms with Crippen LogP contribution < -0.4 is 14.8 Å². The monoisotopic (exact) mass is 273 g/mol. The van der Waals surface area contributed by atoms with Crippen molar-refractivity contribution in [1.82, 2.24) is 15.3 Å². The molecule has 2 aromatic rings. The van der Waals surface area contributed by atoms with Gasteiger partial charge in [0.1, 0.15) is 6.33 Å². The molecule has 0 aliphatic rings. The molecule has 0 aliphatic carbocycles. The van der Waals surface area contributed by atoms with Gasteiger partial charge in [0.15, 0.2) is 11.5 Å². The largest absolute Gasteiger partial charge is 0.493 e. The lowest BCUT2D eigenvalue weighted by atomic mass is 10.1. The van der Waals surface area contributed by atoms with Gasteiger partial charge in [0.2, 0.25) is 0 Å². The van der Waals surface area contributed by atoms with Crippen molar-refractivity contribution in [3.8, 4) is 11.5 Å². The topological polar surface area (TPSA) is 56.3 Å². The zero-order valence-electron chi connectivity index (χ0n) is 12.0. The fourth-order valence-corrected chi connectivity index (χ4v) is 1.93. The fourth-order valence-electron chi connectivity index (χ4n) is 1.93. The minimum Gasteiger partial charge on any atom is -0.493 e. The zero-order valence-corrected chi connectivity index (χ0v) is 12.0. The summed E-state index contributed by atoms with van der Waals surface area (Å²) in [4.78, 5) is 8.00. The Hall–Kier alpha value is -2.14. The third kappa shape index (κ3) is 3.45. The smallest absolute Gasteiger partial charge is 0.161 e. The van der Waals surface area contributed by atoms with Crippen molar-refractivity contribution >= 4 is 0 Å². The molecule has 0 saturated carbocycles. The standard InChI is InChI=1S/C15H19N3O2/c1-11(18-9-12-7-16-10-17-8-12)13-4-5-14(19-2)15(6-13)20-3/h4-8,10-11,18H,9H2,1-3H3. The SMILES string of the molecule is COc1ccc(C(C)NCc2cncnc2)cc1OC. The maximum absolute atomic E-state index is 5.32. The summed E-state index contributed by atoms with van der Waals surface area (Å²) >= 11 is 0. The van der Waals surface area contributed by atoms with Crippen molar-refractivity contribution < 1.29 is 9.47 Å². The molecule has 0 amide bonds. The third-order valence-electron chi connectivity index (χ3n) is 3.13. The normalized spacial score (nSPS) is 11.9. The second-order valence-corrected chi connectivity index (χ2v) is 4.46. The Morgan fingerprint density at radius 3 is 2.45 bits per heavy atom. The lowest BCUT2D eigenvalue weighted by molar-refractivity contribution is 0.354. The van der Waals surface area contributed by atoms with Gasteiger partial charge in [-0.1, -0.05) is 6.07 Å². The first-order chi connectivity index (χ1) is 9.74. The van der Waals surface area contributed by atoms with E-state index in [-0.39, 0.29) is 6.04 Å². The van der Waals surface area contributed by atoms with Gasteiger partial charge in [-0.05, 0) is 24.6 Å². The molecule has 20 heavy (non-hydrogen) atoms. The lowest BCUT2D eigenvalue weighted by Crippen LogP contribution is -2.18. The van der Waals surface area contributed by atoms with Crippen molar-refractivity contribution in [2.24, 2.45) is 0 Å². The van der Waals surface area contributed by atoms with Crippen molar-refractivity contribution in [2.45, 2.75) is 19.5 Å². The number of hydrogen-bond acceptors (Lipinski definition) is 5. The van der Waals surface area contributed by atoms with Crippen molar-refractivity contribution in [2.75, 3.05) is 14.2 Å². The van der Waals surface area contributed by atoms with Gasteiger partial charge in [-0.25, -0.2) is 9.97 Å². The molecular weight excluding hydrogens is 254 g/mol. The Balaban J connectivity index is 2.03. The number of rotatable bonds is 6. The van der Waals surface area contributed by atoms with Gasteiger partial charge in [0.05, 0.1) is 14.2 Å². The van der Waals surface area contributed by atoms with Crippen LogP contribution >= 0.6 is 0 Å². The number of methoxy groups -OCH3 is 2. The van der Waals surface area contributed by atoms with Crippen LogP contribution in [0.2, 0.25) is 0 Å². The van der Waals surface area contributed by atoms with Crippen LogP contribution in [0.5, 0.6) is 11.5 Å². The number of aromatic nitrogens is 2. The van der Waals surface area contributed by atoms with Gasteiger partial charge >= 0.3 is 0 Å². The van der Waals surface area contributed by atoms with Crippen LogP contribution in [0, 0.1) is 0 Å². The van der Waals surface area contributed by atoms with E-state index in [0.717, 1.165) is 29.2 Å². The molecule has 1 aromatic carbocycles. The van der Waals surface area contributed by atoms with Crippen molar-refractivity contribution in [1.29, 1.82) is 0 Å². The van der Waals surface area contributed by atoms with E-state index >= 15 is 0 Å². The van der Waals surface area contributed by atoms with Gasteiger partial charge in [-0.2, -0.15) is 0 Å². The molecule has 0 radical (unpaired) electrons. The summed E-state index contributed by atoms with van der Waals surface area (Å²) in [6, 6.07) is 6.12. The molecule has 5 nitrogen and oxygen atoms in total. The summed E-state index contributed by atoms with van der Waals surface area (Å²) in [5.41, 5.74) is 2.19. The second-order valence-electron chi connectivity index (χ2n) is 4.46. The highest BCUT2D eigenvalue weighted by Crippen LogP contribution is 2.29. The minimum atomic E-state index is 0.190. The third-order valence-corrected chi connectivity index (χ3v) is 3.13. The minimum absolute atomic E-state index is 0.190. The average Bonchev–Trinajstić information content (AvgIpc) is 2.52. The predicted octanol–water partition coefficient (Wildman–Crippen LogP) is 2.34. The molecule has 2 rings (SSSR count). The molecule has 1 heterocycles.